The molecular formula is C16H14N2O. The van der Waals surface area contributed by atoms with Gasteiger partial charge in [0.25, 0.3) is 0 Å². The maximum Gasteiger partial charge on any atom is 0.215 e. The fourth-order valence-electron chi connectivity index (χ4n) is 2.72. The van der Waals surface area contributed by atoms with E-state index in [0.717, 1.165) is 36.5 Å². The molecule has 0 spiro atoms. The van der Waals surface area contributed by atoms with Crippen molar-refractivity contribution in [2.24, 2.45) is 0 Å². The Hall–Kier alpha value is -2.29. The summed E-state index contributed by atoms with van der Waals surface area (Å²) >= 11 is 0. The molecule has 3 nitrogen and oxygen atoms in total. The van der Waals surface area contributed by atoms with Crippen molar-refractivity contribution in [2.45, 2.75) is 13.0 Å². The van der Waals surface area contributed by atoms with Gasteiger partial charge < -0.3 is 9.32 Å². The Balaban J connectivity index is 1.65. The quantitative estimate of drug-likeness (QED) is 0.698. The number of fused-ring (bicyclic) bond motifs is 2. The van der Waals surface area contributed by atoms with E-state index in [-0.39, 0.29) is 0 Å². The maximum atomic E-state index is 5.79. The third kappa shape index (κ3) is 1.78. The Morgan fingerprint density at radius 3 is 2.84 bits per heavy atom. The molecule has 0 bridgehead atoms. The van der Waals surface area contributed by atoms with Crippen LogP contribution in [-0.4, -0.2) is 11.5 Å². The summed E-state index contributed by atoms with van der Waals surface area (Å²) < 4.78 is 5.79. The highest BCUT2D eigenvalue weighted by atomic mass is 16.3. The molecule has 0 amide bonds. The van der Waals surface area contributed by atoms with Crippen molar-refractivity contribution in [3.8, 4) is 0 Å². The van der Waals surface area contributed by atoms with Gasteiger partial charge in [-0.25, -0.2) is 4.98 Å². The van der Waals surface area contributed by atoms with Crippen LogP contribution in [0.2, 0.25) is 0 Å². The van der Waals surface area contributed by atoms with Crippen LogP contribution in [-0.2, 0) is 13.0 Å². The first-order valence-corrected chi connectivity index (χ1v) is 6.57. The Bertz CT molecular complexity index is 699. The fourth-order valence-corrected chi connectivity index (χ4v) is 2.72. The number of rotatable bonds is 2. The van der Waals surface area contributed by atoms with Gasteiger partial charge in [0.1, 0.15) is 5.52 Å². The predicted octanol–water partition coefficient (Wildman–Crippen LogP) is 3.39. The van der Waals surface area contributed by atoms with E-state index in [4.69, 9.17) is 4.42 Å². The van der Waals surface area contributed by atoms with Crippen LogP contribution in [0.5, 0.6) is 0 Å². The molecule has 0 N–H and O–H groups in total. The Morgan fingerprint density at radius 1 is 1.05 bits per heavy atom. The average molecular weight is 250 g/mol. The van der Waals surface area contributed by atoms with Crippen molar-refractivity contribution in [3.05, 3.63) is 60.0 Å². The highest BCUT2D eigenvalue weighted by molar-refractivity contribution is 5.72. The van der Waals surface area contributed by atoms with Crippen LogP contribution in [0.1, 0.15) is 11.5 Å². The van der Waals surface area contributed by atoms with Crippen molar-refractivity contribution in [3.63, 3.8) is 0 Å². The van der Waals surface area contributed by atoms with Crippen LogP contribution in [0.15, 0.2) is 52.9 Å². The summed E-state index contributed by atoms with van der Waals surface area (Å²) in [6, 6.07) is 16.5. The minimum atomic E-state index is 0.742. The second kappa shape index (κ2) is 4.12. The molecule has 3 aromatic rings. The highest BCUT2D eigenvalue weighted by Gasteiger charge is 2.20. The standard InChI is InChI=1S/C16H14N2O/c1-3-7-14-12(5-1)9-10-18(14)11-16-17-13-6-2-4-8-15(13)19-16/h1-8H,9-11H2. The van der Waals surface area contributed by atoms with Gasteiger partial charge >= 0.3 is 0 Å². The molecule has 0 saturated heterocycles. The zero-order valence-electron chi connectivity index (χ0n) is 10.5. The molecule has 0 saturated carbocycles. The average Bonchev–Trinajstić information content (AvgIpc) is 3.03. The third-order valence-electron chi connectivity index (χ3n) is 3.65. The third-order valence-corrected chi connectivity index (χ3v) is 3.65. The molecule has 2 aromatic carbocycles. The van der Waals surface area contributed by atoms with Crippen molar-refractivity contribution in [1.29, 1.82) is 0 Å². The van der Waals surface area contributed by atoms with Crippen molar-refractivity contribution in [1.82, 2.24) is 4.98 Å². The first-order valence-electron chi connectivity index (χ1n) is 6.57. The number of aromatic nitrogens is 1. The number of anilines is 1. The number of benzene rings is 2. The fraction of sp³-hybridized carbons (Fsp3) is 0.188. The van der Waals surface area contributed by atoms with Gasteiger partial charge in [-0.3, -0.25) is 0 Å². The van der Waals surface area contributed by atoms with E-state index in [2.05, 4.69) is 34.1 Å². The summed E-state index contributed by atoms with van der Waals surface area (Å²) in [5, 5.41) is 0. The number of hydrogen-bond donors (Lipinski definition) is 0. The van der Waals surface area contributed by atoms with Crippen LogP contribution >= 0.6 is 0 Å². The van der Waals surface area contributed by atoms with E-state index in [0.29, 0.717) is 0 Å². The lowest BCUT2D eigenvalue weighted by molar-refractivity contribution is 0.523. The lowest BCUT2D eigenvalue weighted by atomic mass is 10.2. The molecule has 1 aromatic heterocycles. The molecule has 4 rings (SSSR count). The van der Waals surface area contributed by atoms with Crippen molar-refractivity contribution < 1.29 is 4.42 Å². The second-order valence-corrected chi connectivity index (χ2v) is 4.88. The molecule has 2 heterocycles. The molecule has 19 heavy (non-hydrogen) atoms. The van der Waals surface area contributed by atoms with E-state index in [1.165, 1.54) is 11.3 Å². The molecule has 0 fully saturated rings. The number of para-hydroxylation sites is 3. The molecular weight excluding hydrogens is 236 g/mol. The number of hydrogen-bond acceptors (Lipinski definition) is 3. The van der Waals surface area contributed by atoms with Crippen LogP contribution < -0.4 is 4.90 Å². The Morgan fingerprint density at radius 2 is 1.89 bits per heavy atom. The lowest BCUT2D eigenvalue weighted by Crippen LogP contribution is -2.19. The molecule has 0 atom stereocenters. The van der Waals surface area contributed by atoms with Gasteiger partial charge in [-0.2, -0.15) is 0 Å². The Labute approximate surface area is 111 Å². The SMILES string of the molecule is c1ccc2c(c1)CCN2Cc1nc2ccccc2o1. The molecule has 0 aliphatic carbocycles. The van der Waals surface area contributed by atoms with Crippen LogP contribution in [0.25, 0.3) is 11.1 Å². The van der Waals surface area contributed by atoms with Crippen molar-refractivity contribution in [2.75, 3.05) is 11.4 Å². The van der Waals surface area contributed by atoms with Gasteiger partial charge in [-0.05, 0) is 30.2 Å². The summed E-state index contributed by atoms with van der Waals surface area (Å²) in [4.78, 5) is 6.87. The largest absolute Gasteiger partial charge is 0.439 e. The first-order chi connectivity index (χ1) is 9.40. The van der Waals surface area contributed by atoms with Crippen molar-refractivity contribution >= 4 is 16.8 Å². The smallest absolute Gasteiger partial charge is 0.215 e. The summed E-state index contributed by atoms with van der Waals surface area (Å²) in [5.41, 5.74) is 4.53. The zero-order chi connectivity index (χ0) is 12.7. The zero-order valence-corrected chi connectivity index (χ0v) is 10.5. The van der Waals surface area contributed by atoms with Gasteiger partial charge in [0.05, 0.1) is 6.54 Å². The molecule has 94 valence electrons. The first kappa shape index (κ1) is 10.6. The summed E-state index contributed by atoms with van der Waals surface area (Å²) in [6.45, 7) is 1.78. The Kier molecular flexibility index (Phi) is 2.30. The van der Waals surface area contributed by atoms with Gasteiger partial charge in [0.15, 0.2) is 5.58 Å². The monoisotopic (exact) mass is 250 g/mol. The van der Waals surface area contributed by atoms with Crippen LogP contribution in [0, 0.1) is 0 Å². The molecule has 1 aliphatic heterocycles. The topological polar surface area (TPSA) is 29.3 Å². The van der Waals surface area contributed by atoms with E-state index < -0.39 is 0 Å². The minimum absolute atomic E-state index is 0.742. The van der Waals surface area contributed by atoms with E-state index in [9.17, 15) is 0 Å². The maximum absolute atomic E-state index is 5.79. The summed E-state index contributed by atoms with van der Waals surface area (Å²) in [5.74, 6) is 0.790. The highest BCUT2D eigenvalue weighted by Crippen LogP contribution is 2.29. The predicted molar refractivity (Wildman–Crippen MR) is 75.2 cm³/mol. The lowest BCUT2D eigenvalue weighted by Gasteiger charge is -2.16. The van der Waals surface area contributed by atoms with Gasteiger partial charge in [0.2, 0.25) is 5.89 Å². The van der Waals surface area contributed by atoms with Gasteiger partial charge in [-0.1, -0.05) is 30.3 Å². The summed E-state index contributed by atoms with van der Waals surface area (Å²) in [6.07, 6.45) is 1.11. The van der Waals surface area contributed by atoms with E-state index >= 15 is 0 Å². The molecule has 0 radical (unpaired) electrons. The van der Waals surface area contributed by atoms with E-state index in [1.54, 1.807) is 0 Å². The minimum Gasteiger partial charge on any atom is -0.439 e. The van der Waals surface area contributed by atoms with Crippen LogP contribution in [0.4, 0.5) is 5.69 Å². The molecule has 1 aliphatic rings. The van der Waals surface area contributed by atoms with Gasteiger partial charge in [0, 0.05) is 12.2 Å². The number of oxazole rings is 1. The molecule has 3 heteroatoms. The molecule has 0 unspecified atom stereocenters. The summed E-state index contributed by atoms with van der Waals surface area (Å²) in [7, 11) is 0. The van der Waals surface area contributed by atoms with E-state index in [1.807, 2.05) is 24.3 Å². The van der Waals surface area contributed by atoms with Gasteiger partial charge in [-0.15, -0.1) is 0 Å². The second-order valence-electron chi connectivity index (χ2n) is 4.88. The number of nitrogens with zero attached hydrogens (tertiary/aromatic N) is 2. The van der Waals surface area contributed by atoms with Crippen LogP contribution in [0.3, 0.4) is 0 Å². The normalized spacial score (nSPS) is 14.0.